The number of hydrogen-bond donors (Lipinski definition) is 3. The Morgan fingerprint density at radius 3 is 2.67 bits per heavy atom. The van der Waals surface area contributed by atoms with E-state index in [0.717, 1.165) is 25.7 Å². The monoisotopic (exact) mass is 312 g/mol. The van der Waals surface area contributed by atoms with Crippen molar-refractivity contribution in [2.24, 2.45) is 0 Å². The molecule has 1 aliphatic carbocycles. The largest absolute Gasteiger partial charge is 0.398 e. The Bertz CT molecular complexity index is 443. The molecule has 1 fully saturated rings. The minimum absolute atomic E-state index is 0.115. The van der Waals surface area contributed by atoms with Gasteiger partial charge in [0.2, 0.25) is 0 Å². The quantitative estimate of drug-likeness (QED) is 0.732. The van der Waals surface area contributed by atoms with Gasteiger partial charge in [-0.25, -0.2) is 0 Å². The van der Waals surface area contributed by atoms with E-state index in [2.05, 4.69) is 21.2 Å². The lowest BCUT2D eigenvalue weighted by Gasteiger charge is -2.26. The van der Waals surface area contributed by atoms with Crippen LogP contribution < -0.4 is 11.1 Å². The van der Waals surface area contributed by atoms with Crippen LogP contribution in [0.15, 0.2) is 22.7 Å². The first-order chi connectivity index (χ1) is 8.58. The number of benzene rings is 1. The molecule has 1 saturated carbocycles. The average molecular weight is 313 g/mol. The Labute approximate surface area is 115 Å². The zero-order valence-electron chi connectivity index (χ0n) is 10.0. The van der Waals surface area contributed by atoms with Gasteiger partial charge in [0.15, 0.2) is 0 Å². The van der Waals surface area contributed by atoms with Gasteiger partial charge in [-0.2, -0.15) is 0 Å². The van der Waals surface area contributed by atoms with Crippen molar-refractivity contribution >= 4 is 27.5 Å². The molecule has 18 heavy (non-hydrogen) atoms. The maximum atomic E-state index is 12.1. The first-order valence-electron chi connectivity index (χ1n) is 6.11. The molecule has 0 saturated heterocycles. The lowest BCUT2D eigenvalue weighted by atomic mass is 9.93. The zero-order chi connectivity index (χ0) is 13.1. The van der Waals surface area contributed by atoms with Crippen LogP contribution in [0, 0.1) is 0 Å². The van der Waals surface area contributed by atoms with Crippen LogP contribution in [0.1, 0.15) is 36.0 Å². The third-order valence-electron chi connectivity index (χ3n) is 3.31. The summed E-state index contributed by atoms with van der Waals surface area (Å²) in [5.41, 5.74) is 6.86. The highest BCUT2D eigenvalue weighted by molar-refractivity contribution is 9.10. The fraction of sp³-hybridized carbons (Fsp3) is 0.462. The number of carbonyl (C=O) groups is 1. The SMILES string of the molecule is Nc1cccc(C(=O)NC2CCC(O)CC2)c1Br. The number of aliphatic hydroxyl groups excluding tert-OH is 1. The van der Waals surface area contributed by atoms with Crippen LogP contribution in [0.5, 0.6) is 0 Å². The number of nitrogen functional groups attached to an aromatic ring is 1. The van der Waals surface area contributed by atoms with Crippen LogP contribution in [0.3, 0.4) is 0 Å². The van der Waals surface area contributed by atoms with Crippen LogP contribution in [0.4, 0.5) is 5.69 Å². The number of amides is 1. The molecular formula is C13H17BrN2O2. The van der Waals surface area contributed by atoms with Crippen molar-refractivity contribution in [3.05, 3.63) is 28.2 Å². The predicted octanol–water partition coefficient (Wildman–Crippen LogP) is 2.06. The molecule has 2 rings (SSSR count). The Kier molecular flexibility index (Phi) is 4.24. The van der Waals surface area contributed by atoms with Crippen LogP contribution in [0.25, 0.3) is 0 Å². The van der Waals surface area contributed by atoms with E-state index in [1.54, 1.807) is 18.2 Å². The summed E-state index contributed by atoms with van der Waals surface area (Å²) in [5.74, 6) is -0.115. The van der Waals surface area contributed by atoms with E-state index in [9.17, 15) is 9.90 Å². The van der Waals surface area contributed by atoms with Crippen molar-refractivity contribution in [2.45, 2.75) is 37.8 Å². The van der Waals surface area contributed by atoms with Gasteiger partial charge in [-0.05, 0) is 53.7 Å². The van der Waals surface area contributed by atoms with E-state index >= 15 is 0 Å². The molecule has 1 aromatic carbocycles. The summed E-state index contributed by atoms with van der Waals surface area (Å²) >= 11 is 3.33. The van der Waals surface area contributed by atoms with Gasteiger partial charge in [0.05, 0.1) is 16.1 Å². The number of carbonyl (C=O) groups excluding carboxylic acids is 1. The smallest absolute Gasteiger partial charge is 0.252 e. The molecule has 98 valence electrons. The normalized spacial score (nSPS) is 23.7. The van der Waals surface area contributed by atoms with E-state index < -0.39 is 0 Å². The number of nitrogens with two attached hydrogens (primary N) is 1. The van der Waals surface area contributed by atoms with E-state index in [0.29, 0.717) is 15.7 Å². The second kappa shape index (κ2) is 5.71. The summed E-state index contributed by atoms with van der Waals surface area (Å²) in [6.07, 6.45) is 2.95. The highest BCUT2D eigenvalue weighted by Gasteiger charge is 2.22. The molecule has 0 heterocycles. The number of anilines is 1. The van der Waals surface area contributed by atoms with Gasteiger partial charge in [-0.15, -0.1) is 0 Å². The molecule has 0 atom stereocenters. The number of aliphatic hydroxyl groups is 1. The fourth-order valence-corrected chi connectivity index (χ4v) is 2.65. The Morgan fingerprint density at radius 1 is 1.33 bits per heavy atom. The molecule has 0 bridgehead atoms. The molecule has 1 aromatic rings. The second-order valence-corrected chi connectivity index (χ2v) is 5.48. The first-order valence-corrected chi connectivity index (χ1v) is 6.90. The standard InChI is InChI=1S/C13H17BrN2O2/c14-12-10(2-1-3-11(12)15)13(18)16-8-4-6-9(17)7-5-8/h1-3,8-9,17H,4-7,15H2,(H,16,18). The van der Waals surface area contributed by atoms with Crippen LogP contribution in [-0.4, -0.2) is 23.2 Å². The molecule has 4 nitrogen and oxygen atoms in total. The van der Waals surface area contributed by atoms with Gasteiger partial charge in [0.1, 0.15) is 0 Å². The summed E-state index contributed by atoms with van der Waals surface area (Å²) in [6.45, 7) is 0. The van der Waals surface area contributed by atoms with Crippen LogP contribution in [-0.2, 0) is 0 Å². The van der Waals surface area contributed by atoms with Crippen molar-refractivity contribution in [3.8, 4) is 0 Å². The summed E-state index contributed by atoms with van der Waals surface area (Å²) in [6, 6.07) is 5.40. The lowest BCUT2D eigenvalue weighted by molar-refractivity contribution is 0.0867. The van der Waals surface area contributed by atoms with Gasteiger partial charge in [0, 0.05) is 11.7 Å². The summed E-state index contributed by atoms with van der Waals surface area (Å²) in [5, 5.41) is 12.4. The molecule has 1 amide bonds. The Hall–Kier alpha value is -1.07. The molecule has 0 radical (unpaired) electrons. The van der Waals surface area contributed by atoms with Crippen LogP contribution in [0.2, 0.25) is 0 Å². The first kappa shape index (κ1) is 13.4. The zero-order valence-corrected chi connectivity index (χ0v) is 11.6. The predicted molar refractivity (Wildman–Crippen MR) is 74.3 cm³/mol. The van der Waals surface area contributed by atoms with Crippen molar-refractivity contribution in [2.75, 3.05) is 5.73 Å². The molecule has 0 spiro atoms. The van der Waals surface area contributed by atoms with Gasteiger partial charge >= 0.3 is 0 Å². The van der Waals surface area contributed by atoms with Gasteiger partial charge < -0.3 is 16.2 Å². The molecule has 0 aromatic heterocycles. The average Bonchev–Trinajstić information content (AvgIpc) is 2.35. The minimum atomic E-state index is -0.211. The number of halogens is 1. The van der Waals surface area contributed by atoms with E-state index in [1.165, 1.54) is 0 Å². The third-order valence-corrected chi connectivity index (χ3v) is 4.19. The molecule has 1 aliphatic rings. The molecular weight excluding hydrogens is 296 g/mol. The summed E-state index contributed by atoms with van der Waals surface area (Å²) < 4.78 is 0.637. The Balaban J connectivity index is 2.01. The third kappa shape index (κ3) is 3.03. The van der Waals surface area contributed by atoms with Crippen LogP contribution >= 0.6 is 15.9 Å². The van der Waals surface area contributed by atoms with Gasteiger partial charge in [0.25, 0.3) is 5.91 Å². The molecule has 4 N–H and O–H groups in total. The molecule has 0 aliphatic heterocycles. The van der Waals surface area contributed by atoms with Crippen molar-refractivity contribution in [3.63, 3.8) is 0 Å². The van der Waals surface area contributed by atoms with E-state index in [1.807, 2.05) is 0 Å². The lowest BCUT2D eigenvalue weighted by Crippen LogP contribution is -2.38. The number of hydrogen-bond acceptors (Lipinski definition) is 3. The highest BCUT2D eigenvalue weighted by Crippen LogP contribution is 2.24. The van der Waals surface area contributed by atoms with E-state index in [4.69, 9.17) is 5.73 Å². The van der Waals surface area contributed by atoms with Gasteiger partial charge in [-0.3, -0.25) is 4.79 Å². The van der Waals surface area contributed by atoms with Gasteiger partial charge in [-0.1, -0.05) is 6.07 Å². The van der Waals surface area contributed by atoms with Crippen molar-refractivity contribution in [1.82, 2.24) is 5.32 Å². The highest BCUT2D eigenvalue weighted by atomic mass is 79.9. The number of nitrogens with one attached hydrogen (secondary N) is 1. The maximum Gasteiger partial charge on any atom is 0.252 e. The van der Waals surface area contributed by atoms with Crippen molar-refractivity contribution < 1.29 is 9.90 Å². The summed E-state index contributed by atoms with van der Waals surface area (Å²) in [7, 11) is 0. The maximum absolute atomic E-state index is 12.1. The molecule has 5 heteroatoms. The minimum Gasteiger partial charge on any atom is -0.398 e. The Morgan fingerprint density at radius 2 is 2.00 bits per heavy atom. The number of rotatable bonds is 2. The molecule has 0 unspecified atom stereocenters. The van der Waals surface area contributed by atoms with E-state index in [-0.39, 0.29) is 18.1 Å². The van der Waals surface area contributed by atoms with Crippen molar-refractivity contribution in [1.29, 1.82) is 0 Å². The summed E-state index contributed by atoms with van der Waals surface area (Å²) in [4.78, 5) is 12.1. The second-order valence-electron chi connectivity index (χ2n) is 4.69. The fourth-order valence-electron chi connectivity index (χ4n) is 2.21. The topological polar surface area (TPSA) is 75.4 Å².